The minimum Gasteiger partial charge on any atom is -0.477 e. The quantitative estimate of drug-likeness (QED) is 0.212. The Hall–Kier alpha value is -2.55. The first-order valence-corrected chi connectivity index (χ1v) is 12.6. The summed E-state index contributed by atoms with van der Waals surface area (Å²) >= 11 is 2.53. The Morgan fingerprint density at radius 1 is 1.15 bits per heavy atom. The third-order valence-electron chi connectivity index (χ3n) is 5.96. The molecule has 6 nitrogen and oxygen atoms in total. The van der Waals surface area contributed by atoms with Crippen molar-refractivity contribution in [1.29, 1.82) is 0 Å². The fourth-order valence-corrected chi connectivity index (χ4v) is 5.14. The van der Waals surface area contributed by atoms with E-state index in [0.29, 0.717) is 42.3 Å². The van der Waals surface area contributed by atoms with Gasteiger partial charge in [0.05, 0.1) is 12.2 Å². The highest BCUT2D eigenvalue weighted by Gasteiger charge is 2.40. The fourth-order valence-electron chi connectivity index (χ4n) is 3.96. The van der Waals surface area contributed by atoms with Crippen LogP contribution in [0.3, 0.4) is 0 Å². The number of alkyl halides is 1. The van der Waals surface area contributed by atoms with Crippen LogP contribution in [0, 0.1) is 25.7 Å². The van der Waals surface area contributed by atoms with Crippen molar-refractivity contribution in [3.63, 3.8) is 0 Å². The highest BCUT2D eigenvalue weighted by molar-refractivity contribution is 14.1. The second kappa shape index (κ2) is 11.0. The van der Waals surface area contributed by atoms with Crippen molar-refractivity contribution in [3.05, 3.63) is 71.7 Å². The first kappa shape index (κ1) is 23.6. The Balaban J connectivity index is 1.31. The molecule has 3 aromatic rings. The van der Waals surface area contributed by atoms with E-state index in [1.165, 1.54) is 6.42 Å². The molecule has 172 valence electrons. The lowest BCUT2D eigenvalue weighted by molar-refractivity contribution is 0.0952. The van der Waals surface area contributed by atoms with Crippen LogP contribution in [0.1, 0.15) is 40.7 Å². The minimum atomic E-state index is -0.0870. The van der Waals surface area contributed by atoms with Crippen LogP contribution in [0.25, 0.3) is 11.4 Å². The molecule has 2 aromatic heterocycles. The van der Waals surface area contributed by atoms with Gasteiger partial charge >= 0.3 is 0 Å². The molecule has 1 amide bonds. The number of halogens is 1. The number of ether oxygens (including phenoxy) is 1. The summed E-state index contributed by atoms with van der Waals surface area (Å²) in [6, 6.07) is 11.5. The molecule has 1 saturated carbocycles. The van der Waals surface area contributed by atoms with Gasteiger partial charge < -0.3 is 10.1 Å². The lowest BCUT2D eigenvalue weighted by atomic mass is 9.98. The topological polar surface area (TPSA) is 77.0 Å². The molecule has 2 heterocycles. The molecule has 1 fully saturated rings. The molecule has 4 rings (SSSR count). The predicted octanol–water partition coefficient (Wildman–Crippen LogP) is 5.18. The van der Waals surface area contributed by atoms with Crippen LogP contribution < -0.4 is 10.1 Å². The van der Waals surface area contributed by atoms with Crippen LogP contribution in [0.4, 0.5) is 0 Å². The van der Waals surface area contributed by atoms with Gasteiger partial charge in [0.2, 0.25) is 5.88 Å². The number of amides is 1. The second-order valence-electron chi connectivity index (χ2n) is 8.68. The first-order chi connectivity index (χ1) is 16.0. The number of nitrogens with zero attached hydrogens (tertiary/aromatic N) is 3. The van der Waals surface area contributed by atoms with Crippen LogP contribution in [0.2, 0.25) is 0 Å². The molecule has 3 unspecified atom stereocenters. The number of carbonyl (C=O) groups excluding carboxylic acids is 1. The summed E-state index contributed by atoms with van der Waals surface area (Å²) in [4.78, 5) is 26.0. The molecule has 7 heteroatoms. The lowest BCUT2D eigenvalue weighted by Gasteiger charge is -2.17. The average molecular weight is 556 g/mol. The minimum absolute atomic E-state index is 0.0870. The van der Waals surface area contributed by atoms with Gasteiger partial charge in [-0.25, -0.2) is 15.0 Å². The largest absolute Gasteiger partial charge is 0.477 e. The van der Waals surface area contributed by atoms with Gasteiger partial charge in [-0.1, -0.05) is 46.4 Å². The van der Waals surface area contributed by atoms with Gasteiger partial charge in [-0.2, -0.15) is 0 Å². The number of carbonyl (C=O) groups is 1. The highest BCUT2D eigenvalue weighted by Crippen LogP contribution is 2.45. The number of hydrogen-bond donors (Lipinski definition) is 1. The molecule has 33 heavy (non-hydrogen) atoms. The van der Waals surface area contributed by atoms with E-state index in [1.54, 1.807) is 18.5 Å². The zero-order valence-corrected chi connectivity index (χ0v) is 21.2. The molecular weight excluding hydrogens is 527 g/mol. The van der Waals surface area contributed by atoms with Crippen molar-refractivity contribution >= 4 is 28.5 Å². The Bertz CT molecular complexity index is 1080. The van der Waals surface area contributed by atoms with E-state index in [-0.39, 0.29) is 5.91 Å². The maximum atomic E-state index is 13.0. The van der Waals surface area contributed by atoms with Crippen LogP contribution in [0.5, 0.6) is 5.88 Å². The van der Waals surface area contributed by atoms with Gasteiger partial charge in [0.25, 0.3) is 5.91 Å². The Kier molecular flexibility index (Phi) is 7.90. The van der Waals surface area contributed by atoms with Crippen LogP contribution in [0.15, 0.2) is 55.0 Å². The van der Waals surface area contributed by atoms with Gasteiger partial charge in [0, 0.05) is 40.7 Å². The maximum Gasteiger partial charge on any atom is 0.252 e. The van der Waals surface area contributed by atoms with Crippen molar-refractivity contribution in [2.75, 3.05) is 13.2 Å². The summed E-state index contributed by atoms with van der Waals surface area (Å²) in [5.41, 5.74) is 3.52. The number of aryl methyl sites for hydroxylation is 2. The molecule has 0 radical (unpaired) electrons. The van der Waals surface area contributed by atoms with Crippen LogP contribution >= 0.6 is 22.6 Å². The monoisotopic (exact) mass is 556 g/mol. The van der Waals surface area contributed by atoms with Gasteiger partial charge in [0.1, 0.15) is 0 Å². The van der Waals surface area contributed by atoms with Gasteiger partial charge in [-0.3, -0.25) is 4.79 Å². The zero-order chi connectivity index (χ0) is 23.2. The second-order valence-corrected chi connectivity index (χ2v) is 10.3. The van der Waals surface area contributed by atoms with E-state index in [2.05, 4.69) is 42.9 Å². The molecule has 0 aliphatic heterocycles. The molecule has 1 aliphatic carbocycles. The van der Waals surface area contributed by atoms with E-state index < -0.39 is 0 Å². The van der Waals surface area contributed by atoms with Crippen LogP contribution in [-0.2, 0) is 0 Å². The highest BCUT2D eigenvalue weighted by atomic mass is 127. The van der Waals surface area contributed by atoms with Gasteiger partial charge in [-0.05, 0) is 62.6 Å². The van der Waals surface area contributed by atoms with E-state index in [1.807, 2.05) is 50.4 Å². The Morgan fingerprint density at radius 2 is 1.91 bits per heavy atom. The van der Waals surface area contributed by atoms with Gasteiger partial charge in [-0.15, -0.1) is 0 Å². The van der Waals surface area contributed by atoms with Crippen molar-refractivity contribution in [2.24, 2.45) is 11.8 Å². The van der Waals surface area contributed by atoms with Crippen molar-refractivity contribution in [1.82, 2.24) is 20.3 Å². The average Bonchev–Trinajstić information content (AvgIpc) is 3.56. The summed E-state index contributed by atoms with van der Waals surface area (Å²) in [7, 11) is 0. The van der Waals surface area contributed by atoms with E-state index in [4.69, 9.17) is 4.74 Å². The fraction of sp³-hybridized carbons (Fsp3) is 0.385. The predicted molar refractivity (Wildman–Crippen MR) is 138 cm³/mol. The van der Waals surface area contributed by atoms with Crippen molar-refractivity contribution < 1.29 is 9.53 Å². The van der Waals surface area contributed by atoms with Gasteiger partial charge in [0.15, 0.2) is 5.82 Å². The third kappa shape index (κ3) is 6.50. The van der Waals surface area contributed by atoms with Crippen LogP contribution in [-0.4, -0.2) is 37.9 Å². The van der Waals surface area contributed by atoms with E-state index >= 15 is 0 Å². The maximum absolute atomic E-state index is 13.0. The van der Waals surface area contributed by atoms with E-state index in [9.17, 15) is 4.79 Å². The molecule has 3 atom stereocenters. The van der Waals surface area contributed by atoms with E-state index in [0.717, 1.165) is 33.5 Å². The SMILES string of the molecule is Cc1ccc(OCC(CCCNC(=O)c2cc(C)ccc2-c2ncccn2)C2CC2I)nc1. The zero-order valence-electron chi connectivity index (χ0n) is 19.0. The summed E-state index contributed by atoms with van der Waals surface area (Å²) < 4.78 is 6.70. The van der Waals surface area contributed by atoms with Crippen molar-refractivity contribution in [2.45, 2.75) is 37.0 Å². The first-order valence-electron chi connectivity index (χ1n) is 11.4. The Labute approximate surface area is 208 Å². The molecule has 1 N–H and O–H groups in total. The summed E-state index contributed by atoms with van der Waals surface area (Å²) in [6.07, 6.45) is 8.37. The number of aromatic nitrogens is 3. The third-order valence-corrected chi connectivity index (χ3v) is 7.39. The number of benzene rings is 1. The number of rotatable bonds is 10. The molecule has 0 saturated heterocycles. The standard InChI is InChI=1S/C26H29IN4O2/c1-17-6-8-20(25-28-11-4-12-29-25)22(13-17)26(32)30-10-3-5-19(21-14-23(21)27)16-33-24-9-7-18(2)15-31-24/h4,6-9,11-13,15,19,21,23H,3,5,10,14,16H2,1-2H3,(H,30,32). The molecular formula is C26H29IN4O2. The summed E-state index contributed by atoms with van der Waals surface area (Å²) in [6.45, 7) is 5.29. The lowest BCUT2D eigenvalue weighted by Crippen LogP contribution is -2.26. The normalized spacial score (nSPS) is 17.9. The Morgan fingerprint density at radius 3 is 2.61 bits per heavy atom. The number of pyridine rings is 1. The molecule has 0 spiro atoms. The number of nitrogens with one attached hydrogen (secondary N) is 1. The summed E-state index contributed by atoms with van der Waals surface area (Å²) in [5.74, 6) is 2.31. The smallest absolute Gasteiger partial charge is 0.252 e. The number of hydrogen-bond acceptors (Lipinski definition) is 5. The molecule has 1 aliphatic rings. The molecule has 1 aromatic carbocycles. The summed E-state index contributed by atoms with van der Waals surface area (Å²) in [5, 5.41) is 3.09. The molecule has 0 bridgehead atoms. The van der Waals surface area contributed by atoms with Crippen molar-refractivity contribution in [3.8, 4) is 17.3 Å².